The van der Waals surface area contributed by atoms with E-state index < -0.39 is 12.1 Å². The van der Waals surface area contributed by atoms with Gasteiger partial charge in [-0.15, -0.1) is 11.3 Å². The van der Waals surface area contributed by atoms with Gasteiger partial charge in [-0.3, -0.25) is 4.68 Å². The first-order valence-corrected chi connectivity index (χ1v) is 11.5. The van der Waals surface area contributed by atoms with Crippen molar-refractivity contribution in [3.63, 3.8) is 0 Å². The largest absolute Gasteiger partial charge is 0.479 e. The normalized spacial score (nSPS) is 14.8. The molecule has 7 heteroatoms. The topological polar surface area (TPSA) is 77.2 Å². The standard InChI is InChI=1S/C24H25N3O3S/c1-4-30-22(24(28)29)19-13(2)26-23-21(16-7-5-6-8-18(16)31-23)20(19)14-9-10-15-12-25-27(3)17(15)11-14/h9-12,22H,4-8H2,1-3H3,(H,28,29)/t22-/m0/s1. The summed E-state index contributed by atoms with van der Waals surface area (Å²) in [7, 11) is 1.92. The molecule has 0 saturated heterocycles. The second kappa shape index (κ2) is 7.73. The van der Waals surface area contributed by atoms with E-state index in [4.69, 9.17) is 9.72 Å². The number of carboxylic acids is 1. The highest BCUT2D eigenvalue weighted by molar-refractivity contribution is 7.19. The molecule has 3 aromatic heterocycles. The molecular weight excluding hydrogens is 410 g/mol. The number of fused-ring (bicyclic) bond motifs is 4. The van der Waals surface area contributed by atoms with Gasteiger partial charge in [0.2, 0.25) is 0 Å². The summed E-state index contributed by atoms with van der Waals surface area (Å²) in [5.41, 5.74) is 5.66. The lowest BCUT2D eigenvalue weighted by atomic mass is 9.88. The van der Waals surface area contributed by atoms with Gasteiger partial charge in [0.25, 0.3) is 0 Å². The third kappa shape index (κ3) is 3.23. The molecule has 1 aromatic carbocycles. The van der Waals surface area contributed by atoms with Crippen molar-refractivity contribution in [2.24, 2.45) is 7.05 Å². The van der Waals surface area contributed by atoms with Crippen LogP contribution >= 0.6 is 11.3 Å². The molecule has 0 amide bonds. The summed E-state index contributed by atoms with van der Waals surface area (Å²) in [5, 5.41) is 16.6. The Hall–Kier alpha value is -2.77. The van der Waals surface area contributed by atoms with Crippen LogP contribution in [0.2, 0.25) is 0 Å². The zero-order valence-electron chi connectivity index (χ0n) is 17.9. The van der Waals surface area contributed by atoms with Gasteiger partial charge in [0.15, 0.2) is 6.10 Å². The molecule has 0 spiro atoms. The summed E-state index contributed by atoms with van der Waals surface area (Å²) in [5.74, 6) is -0.988. The molecule has 3 heterocycles. The van der Waals surface area contributed by atoms with E-state index in [9.17, 15) is 9.90 Å². The van der Waals surface area contributed by atoms with Crippen LogP contribution in [-0.2, 0) is 29.4 Å². The van der Waals surface area contributed by atoms with Crippen LogP contribution in [0, 0.1) is 6.92 Å². The Bertz CT molecular complexity index is 1320. The fourth-order valence-electron chi connectivity index (χ4n) is 4.78. The van der Waals surface area contributed by atoms with Crippen LogP contribution in [-0.4, -0.2) is 32.4 Å². The Kier molecular flexibility index (Phi) is 5.02. The molecule has 4 aromatic rings. The maximum absolute atomic E-state index is 12.2. The van der Waals surface area contributed by atoms with Gasteiger partial charge in [-0.25, -0.2) is 9.78 Å². The second-order valence-electron chi connectivity index (χ2n) is 8.09. The number of hydrogen-bond acceptors (Lipinski definition) is 5. The molecule has 31 heavy (non-hydrogen) atoms. The van der Waals surface area contributed by atoms with Crippen LogP contribution < -0.4 is 0 Å². The number of rotatable bonds is 5. The number of benzene rings is 1. The minimum Gasteiger partial charge on any atom is -0.479 e. The molecule has 5 rings (SSSR count). The van der Waals surface area contributed by atoms with Crippen LogP contribution in [0.3, 0.4) is 0 Å². The monoisotopic (exact) mass is 435 g/mol. The van der Waals surface area contributed by atoms with Gasteiger partial charge in [-0.05, 0) is 56.7 Å². The van der Waals surface area contributed by atoms with Crippen LogP contribution in [0.25, 0.3) is 32.2 Å². The Morgan fingerprint density at radius 2 is 2.13 bits per heavy atom. The summed E-state index contributed by atoms with van der Waals surface area (Å²) in [4.78, 5) is 19.5. The number of carboxylic acid groups (broad SMARTS) is 1. The third-order valence-electron chi connectivity index (χ3n) is 6.19. The van der Waals surface area contributed by atoms with Crippen LogP contribution in [0.5, 0.6) is 0 Å². The minimum absolute atomic E-state index is 0.316. The van der Waals surface area contributed by atoms with Crippen molar-refractivity contribution < 1.29 is 14.6 Å². The number of carbonyl (C=O) groups is 1. The van der Waals surface area contributed by atoms with E-state index >= 15 is 0 Å². The van der Waals surface area contributed by atoms with Gasteiger partial charge in [0.1, 0.15) is 4.83 Å². The molecule has 0 radical (unpaired) electrons. The van der Waals surface area contributed by atoms with Crippen molar-refractivity contribution in [3.05, 3.63) is 46.1 Å². The fourth-order valence-corrected chi connectivity index (χ4v) is 6.10. The smallest absolute Gasteiger partial charge is 0.337 e. The average molecular weight is 436 g/mol. The first kappa shape index (κ1) is 20.2. The number of thiophene rings is 1. The molecule has 0 fully saturated rings. The van der Waals surface area contributed by atoms with E-state index in [1.165, 1.54) is 16.9 Å². The maximum Gasteiger partial charge on any atom is 0.337 e. The van der Waals surface area contributed by atoms with E-state index in [1.807, 2.05) is 31.8 Å². The highest BCUT2D eigenvalue weighted by Crippen LogP contribution is 2.45. The Morgan fingerprint density at radius 1 is 1.32 bits per heavy atom. The molecule has 1 atom stereocenters. The summed E-state index contributed by atoms with van der Waals surface area (Å²) in [6.07, 6.45) is 5.21. The Labute approximate surface area is 184 Å². The second-order valence-corrected chi connectivity index (χ2v) is 9.18. The number of pyridine rings is 1. The van der Waals surface area contributed by atoms with Crippen molar-refractivity contribution in [3.8, 4) is 11.1 Å². The lowest BCUT2D eigenvalue weighted by Crippen LogP contribution is -2.18. The molecule has 1 N–H and O–H groups in total. The molecular formula is C24H25N3O3S. The van der Waals surface area contributed by atoms with Gasteiger partial charge in [-0.2, -0.15) is 5.10 Å². The predicted molar refractivity (Wildman–Crippen MR) is 123 cm³/mol. The number of nitrogens with zero attached hydrogens (tertiary/aromatic N) is 3. The van der Waals surface area contributed by atoms with Crippen molar-refractivity contribution in [1.82, 2.24) is 14.8 Å². The first-order valence-electron chi connectivity index (χ1n) is 10.7. The molecule has 1 aliphatic carbocycles. The number of aliphatic carboxylic acids is 1. The molecule has 1 aliphatic rings. The van der Waals surface area contributed by atoms with Crippen molar-refractivity contribution in [2.75, 3.05) is 6.61 Å². The van der Waals surface area contributed by atoms with E-state index in [-0.39, 0.29) is 0 Å². The van der Waals surface area contributed by atoms with Gasteiger partial charge in [-0.1, -0.05) is 12.1 Å². The average Bonchev–Trinajstić information content (AvgIpc) is 3.31. The summed E-state index contributed by atoms with van der Waals surface area (Å²) in [6.45, 7) is 4.04. The molecule has 160 valence electrons. The molecule has 0 aliphatic heterocycles. The first-order chi connectivity index (χ1) is 15.0. The lowest BCUT2D eigenvalue weighted by molar-refractivity contribution is -0.150. The zero-order chi connectivity index (χ0) is 21.7. The quantitative estimate of drug-likeness (QED) is 0.466. The molecule has 0 unspecified atom stereocenters. The Balaban J connectivity index is 1.90. The van der Waals surface area contributed by atoms with Gasteiger partial charge in [0.05, 0.1) is 11.7 Å². The van der Waals surface area contributed by atoms with Gasteiger partial charge < -0.3 is 9.84 Å². The SMILES string of the molecule is CCO[C@H](C(=O)O)c1c(C)nc2sc3c(c2c1-c1ccc2cnn(C)c2c1)CCCC3. The number of hydrogen-bond donors (Lipinski definition) is 1. The zero-order valence-corrected chi connectivity index (χ0v) is 18.8. The van der Waals surface area contributed by atoms with Crippen molar-refractivity contribution >= 4 is 38.4 Å². The molecule has 0 bridgehead atoms. The fraction of sp³-hybridized carbons (Fsp3) is 0.375. The molecule has 0 saturated carbocycles. The maximum atomic E-state index is 12.2. The van der Waals surface area contributed by atoms with E-state index in [2.05, 4.69) is 23.3 Å². The summed E-state index contributed by atoms with van der Waals surface area (Å²) in [6, 6.07) is 6.23. The van der Waals surface area contributed by atoms with Crippen LogP contribution in [0.4, 0.5) is 0 Å². The third-order valence-corrected chi connectivity index (χ3v) is 7.37. The van der Waals surface area contributed by atoms with Crippen LogP contribution in [0.15, 0.2) is 24.4 Å². The number of aromatic nitrogens is 3. The van der Waals surface area contributed by atoms with Crippen molar-refractivity contribution in [1.29, 1.82) is 0 Å². The lowest BCUT2D eigenvalue weighted by Gasteiger charge is -2.21. The van der Waals surface area contributed by atoms with E-state index in [0.29, 0.717) is 17.9 Å². The molecule has 6 nitrogen and oxygen atoms in total. The highest BCUT2D eigenvalue weighted by Gasteiger charge is 2.31. The summed E-state index contributed by atoms with van der Waals surface area (Å²) >= 11 is 1.76. The van der Waals surface area contributed by atoms with Gasteiger partial charge >= 0.3 is 5.97 Å². The van der Waals surface area contributed by atoms with Crippen LogP contribution in [0.1, 0.15) is 47.6 Å². The van der Waals surface area contributed by atoms with Gasteiger partial charge in [0, 0.05) is 46.1 Å². The van der Waals surface area contributed by atoms with E-state index in [1.54, 1.807) is 11.3 Å². The van der Waals surface area contributed by atoms with E-state index in [0.717, 1.165) is 51.5 Å². The Morgan fingerprint density at radius 3 is 2.90 bits per heavy atom. The predicted octanol–water partition coefficient (Wildman–Crippen LogP) is 5.20. The van der Waals surface area contributed by atoms with Crippen molar-refractivity contribution in [2.45, 2.75) is 45.6 Å². The number of ether oxygens (including phenoxy) is 1. The highest BCUT2D eigenvalue weighted by atomic mass is 32.1. The minimum atomic E-state index is -1.06. The number of aryl methyl sites for hydroxylation is 4. The summed E-state index contributed by atoms with van der Waals surface area (Å²) < 4.78 is 7.60.